The van der Waals surface area contributed by atoms with Gasteiger partial charge in [0.2, 0.25) is 0 Å². The van der Waals surface area contributed by atoms with E-state index < -0.39 is 0 Å². The molecule has 0 aliphatic rings. The lowest BCUT2D eigenvalue weighted by Gasteiger charge is -2.05. The van der Waals surface area contributed by atoms with Crippen LogP contribution in [0.15, 0.2) is 24.7 Å². The second-order valence-electron chi connectivity index (χ2n) is 4.10. The Morgan fingerprint density at radius 1 is 1.53 bits per heavy atom. The van der Waals surface area contributed by atoms with Gasteiger partial charge in [-0.2, -0.15) is 0 Å². The molecule has 0 aliphatic carbocycles. The summed E-state index contributed by atoms with van der Waals surface area (Å²) in [5.74, 6) is 0.692. The van der Waals surface area contributed by atoms with Crippen LogP contribution in [0.25, 0.3) is 0 Å². The first kappa shape index (κ1) is 13.2. The minimum absolute atomic E-state index is 0.140. The number of nitrogens with one attached hydrogen (secondary N) is 1. The Morgan fingerprint density at radius 3 is 3.05 bits per heavy atom. The van der Waals surface area contributed by atoms with E-state index in [-0.39, 0.29) is 5.91 Å². The molecule has 0 saturated heterocycles. The van der Waals surface area contributed by atoms with E-state index >= 15 is 0 Å². The summed E-state index contributed by atoms with van der Waals surface area (Å²) in [4.78, 5) is 15.9. The lowest BCUT2D eigenvalue weighted by Crippen LogP contribution is -2.26. The molecule has 100 valence electrons. The molecule has 7 heteroatoms. The van der Waals surface area contributed by atoms with Crippen molar-refractivity contribution in [1.29, 1.82) is 0 Å². The molecule has 2 rings (SSSR count). The van der Waals surface area contributed by atoms with Gasteiger partial charge in [-0.25, -0.2) is 0 Å². The highest BCUT2D eigenvalue weighted by Crippen LogP contribution is 2.01. The SMILES string of the molecule is Cn1cnnc1CCNC(=O)c1ccnc(CN)c1. The van der Waals surface area contributed by atoms with Crippen LogP contribution in [0.3, 0.4) is 0 Å². The summed E-state index contributed by atoms with van der Waals surface area (Å²) in [6, 6.07) is 3.36. The number of amides is 1. The molecule has 0 fully saturated rings. The lowest BCUT2D eigenvalue weighted by molar-refractivity contribution is 0.0953. The van der Waals surface area contributed by atoms with E-state index in [9.17, 15) is 4.79 Å². The van der Waals surface area contributed by atoms with Gasteiger partial charge in [-0.15, -0.1) is 10.2 Å². The predicted octanol–water partition coefficient (Wildman–Crippen LogP) is -0.359. The zero-order valence-electron chi connectivity index (χ0n) is 10.7. The van der Waals surface area contributed by atoms with Crippen molar-refractivity contribution in [3.05, 3.63) is 41.7 Å². The molecule has 0 aliphatic heterocycles. The van der Waals surface area contributed by atoms with Crippen molar-refractivity contribution < 1.29 is 4.79 Å². The van der Waals surface area contributed by atoms with Gasteiger partial charge >= 0.3 is 0 Å². The van der Waals surface area contributed by atoms with Crippen LogP contribution in [0.2, 0.25) is 0 Å². The van der Waals surface area contributed by atoms with Crippen LogP contribution in [0.4, 0.5) is 0 Å². The number of rotatable bonds is 5. The van der Waals surface area contributed by atoms with Crippen molar-refractivity contribution in [1.82, 2.24) is 25.1 Å². The standard InChI is InChI=1S/C12H16N6O/c1-18-8-16-17-11(18)3-5-15-12(19)9-2-4-14-10(6-9)7-13/h2,4,6,8H,3,5,7,13H2,1H3,(H,15,19). The third-order valence-corrected chi connectivity index (χ3v) is 2.73. The minimum atomic E-state index is -0.140. The van der Waals surface area contributed by atoms with Crippen molar-refractivity contribution in [2.75, 3.05) is 6.54 Å². The zero-order chi connectivity index (χ0) is 13.7. The molecule has 0 atom stereocenters. The quantitative estimate of drug-likeness (QED) is 0.765. The van der Waals surface area contributed by atoms with Gasteiger partial charge in [-0.1, -0.05) is 0 Å². The minimum Gasteiger partial charge on any atom is -0.352 e. The van der Waals surface area contributed by atoms with Gasteiger partial charge in [-0.05, 0) is 12.1 Å². The van der Waals surface area contributed by atoms with Crippen molar-refractivity contribution >= 4 is 5.91 Å². The fraction of sp³-hybridized carbons (Fsp3) is 0.333. The summed E-state index contributed by atoms with van der Waals surface area (Å²) in [5, 5.41) is 10.6. The van der Waals surface area contributed by atoms with Gasteiger partial charge in [0.15, 0.2) is 0 Å². The largest absolute Gasteiger partial charge is 0.352 e. The van der Waals surface area contributed by atoms with Gasteiger partial charge in [0.25, 0.3) is 5.91 Å². The maximum absolute atomic E-state index is 11.9. The number of aromatic nitrogens is 4. The number of nitrogens with zero attached hydrogens (tertiary/aromatic N) is 4. The fourth-order valence-corrected chi connectivity index (χ4v) is 1.65. The van der Waals surface area contributed by atoms with Crippen LogP contribution in [0, 0.1) is 0 Å². The molecule has 0 saturated carbocycles. The summed E-state index contributed by atoms with van der Waals surface area (Å²) < 4.78 is 1.82. The van der Waals surface area contributed by atoms with Gasteiger partial charge in [0.05, 0.1) is 5.69 Å². The lowest BCUT2D eigenvalue weighted by atomic mass is 10.2. The summed E-state index contributed by atoms with van der Waals surface area (Å²) >= 11 is 0. The molecule has 1 amide bonds. The molecule has 2 aromatic rings. The van der Waals surface area contributed by atoms with Crippen molar-refractivity contribution in [2.24, 2.45) is 12.8 Å². The highest BCUT2D eigenvalue weighted by molar-refractivity contribution is 5.94. The normalized spacial score (nSPS) is 10.4. The monoisotopic (exact) mass is 260 g/mol. The molecular formula is C12H16N6O. The Balaban J connectivity index is 1.89. The third kappa shape index (κ3) is 3.35. The second-order valence-corrected chi connectivity index (χ2v) is 4.10. The Kier molecular flexibility index (Phi) is 4.19. The second kappa shape index (κ2) is 6.05. The summed E-state index contributed by atoms with van der Waals surface area (Å²) in [7, 11) is 1.87. The Hall–Kier alpha value is -2.28. The molecule has 2 heterocycles. The van der Waals surface area contributed by atoms with E-state index in [0.717, 1.165) is 5.82 Å². The maximum atomic E-state index is 11.9. The highest BCUT2D eigenvalue weighted by Gasteiger charge is 2.07. The summed E-state index contributed by atoms with van der Waals surface area (Å²) in [5.41, 5.74) is 6.75. The maximum Gasteiger partial charge on any atom is 0.251 e. The van der Waals surface area contributed by atoms with E-state index in [0.29, 0.717) is 30.8 Å². The number of aryl methyl sites for hydroxylation is 1. The molecule has 0 unspecified atom stereocenters. The first-order valence-corrected chi connectivity index (χ1v) is 5.97. The smallest absolute Gasteiger partial charge is 0.251 e. The Labute approximate surface area is 110 Å². The molecule has 0 aromatic carbocycles. The van der Waals surface area contributed by atoms with Crippen molar-refractivity contribution in [2.45, 2.75) is 13.0 Å². The number of carbonyl (C=O) groups is 1. The first-order valence-electron chi connectivity index (χ1n) is 5.97. The average Bonchev–Trinajstić information content (AvgIpc) is 2.84. The summed E-state index contributed by atoms with van der Waals surface area (Å²) in [6.45, 7) is 0.825. The van der Waals surface area contributed by atoms with E-state index in [1.54, 1.807) is 24.7 Å². The molecular weight excluding hydrogens is 244 g/mol. The van der Waals surface area contributed by atoms with Gasteiger partial charge < -0.3 is 15.6 Å². The topological polar surface area (TPSA) is 98.7 Å². The Morgan fingerprint density at radius 2 is 2.37 bits per heavy atom. The number of carbonyl (C=O) groups excluding carboxylic acids is 1. The number of nitrogens with two attached hydrogens (primary N) is 1. The van der Waals surface area contributed by atoms with Crippen LogP contribution in [-0.4, -0.2) is 32.2 Å². The zero-order valence-corrected chi connectivity index (χ0v) is 10.7. The Bertz CT molecular complexity index is 565. The molecule has 0 bridgehead atoms. The molecule has 3 N–H and O–H groups in total. The molecule has 7 nitrogen and oxygen atoms in total. The first-order chi connectivity index (χ1) is 9.20. The molecule has 19 heavy (non-hydrogen) atoms. The average molecular weight is 260 g/mol. The fourth-order valence-electron chi connectivity index (χ4n) is 1.65. The van der Waals surface area contributed by atoms with Crippen molar-refractivity contribution in [3.63, 3.8) is 0 Å². The van der Waals surface area contributed by atoms with Gasteiger partial charge in [-0.3, -0.25) is 9.78 Å². The number of pyridine rings is 1. The molecule has 0 radical (unpaired) electrons. The van der Waals surface area contributed by atoms with E-state index in [2.05, 4.69) is 20.5 Å². The number of hydrogen-bond acceptors (Lipinski definition) is 5. The van der Waals surface area contributed by atoms with Crippen LogP contribution < -0.4 is 11.1 Å². The molecule has 0 spiro atoms. The van der Waals surface area contributed by atoms with Crippen LogP contribution >= 0.6 is 0 Å². The van der Waals surface area contributed by atoms with Crippen LogP contribution in [0.1, 0.15) is 21.9 Å². The van der Waals surface area contributed by atoms with E-state index in [1.165, 1.54) is 0 Å². The van der Waals surface area contributed by atoms with E-state index in [1.807, 2.05) is 11.6 Å². The molecule has 2 aromatic heterocycles. The summed E-state index contributed by atoms with van der Waals surface area (Å²) in [6.07, 6.45) is 3.85. The number of hydrogen-bond donors (Lipinski definition) is 2. The van der Waals surface area contributed by atoms with Gasteiger partial charge in [0, 0.05) is 38.3 Å². The predicted molar refractivity (Wildman–Crippen MR) is 69.2 cm³/mol. The van der Waals surface area contributed by atoms with Crippen LogP contribution in [0.5, 0.6) is 0 Å². The highest BCUT2D eigenvalue weighted by atomic mass is 16.1. The third-order valence-electron chi connectivity index (χ3n) is 2.73. The van der Waals surface area contributed by atoms with Crippen LogP contribution in [-0.2, 0) is 20.0 Å². The van der Waals surface area contributed by atoms with E-state index in [4.69, 9.17) is 5.73 Å². The van der Waals surface area contributed by atoms with Crippen molar-refractivity contribution in [3.8, 4) is 0 Å². The van der Waals surface area contributed by atoms with Gasteiger partial charge in [0.1, 0.15) is 12.2 Å².